The standard InChI is InChI=1S/C14H12Cl2FN/c15-11-4-1-10(13(16)8-11)7-14(18)9-2-5-12(17)6-3-9/h1-6,8,14H,7,18H2. The Morgan fingerprint density at radius 3 is 2.33 bits per heavy atom. The third-order valence-corrected chi connectivity index (χ3v) is 3.34. The molecule has 0 radical (unpaired) electrons. The number of benzene rings is 2. The van der Waals surface area contributed by atoms with Gasteiger partial charge in [0.25, 0.3) is 0 Å². The summed E-state index contributed by atoms with van der Waals surface area (Å²) in [4.78, 5) is 0. The fourth-order valence-electron chi connectivity index (χ4n) is 1.75. The van der Waals surface area contributed by atoms with Crippen molar-refractivity contribution in [1.82, 2.24) is 0 Å². The highest BCUT2D eigenvalue weighted by Crippen LogP contribution is 2.25. The van der Waals surface area contributed by atoms with Gasteiger partial charge in [-0.3, -0.25) is 0 Å². The highest BCUT2D eigenvalue weighted by molar-refractivity contribution is 6.35. The zero-order valence-electron chi connectivity index (χ0n) is 9.54. The number of halogens is 3. The Labute approximate surface area is 115 Å². The lowest BCUT2D eigenvalue weighted by molar-refractivity contribution is 0.624. The van der Waals surface area contributed by atoms with Crippen LogP contribution in [0.5, 0.6) is 0 Å². The summed E-state index contributed by atoms with van der Waals surface area (Å²) in [6.07, 6.45) is 0.585. The fourth-order valence-corrected chi connectivity index (χ4v) is 2.24. The maximum absolute atomic E-state index is 12.8. The summed E-state index contributed by atoms with van der Waals surface area (Å²) in [5.74, 6) is -0.268. The SMILES string of the molecule is NC(Cc1ccc(Cl)cc1Cl)c1ccc(F)cc1. The quantitative estimate of drug-likeness (QED) is 0.889. The molecule has 0 spiro atoms. The van der Waals surface area contributed by atoms with Crippen molar-refractivity contribution in [1.29, 1.82) is 0 Å². The Bertz CT molecular complexity index is 540. The minimum absolute atomic E-state index is 0.218. The van der Waals surface area contributed by atoms with Gasteiger partial charge in [0.05, 0.1) is 0 Å². The molecule has 0 heterocycles. The van der Waals surface area contributed by atoms with Crippen LogP contribution < -0.4 is 5.73 Å². The lowest BCUT2D eigenvalue weighted by Gasteiger charge is -2.13. The second kappa shape index (κ2) is 5.70. The van der Waals surface area contributed by atoms with Crippen LogP contribution in [0.3, 0.4) is 0 Å². The molecule has 1 atom stereocenters. The van der Waals surface area contributed by atoms with Gasteiger partial charge in [0.2, 0.25) is 0 Å². The molecule has 0 fully saturated rings. The Hall–Kier alpha value is -1.09. The molecule has 0 saturated carbocycles. The van der Waals surface area contributed by atoms with E-state index in [0.717, 1.165) is 11.1 Å². The normalized spacial score (nSPS) is 12.4. The Balaban J connectivity index is 2.15. The van der Waals surface area contributed by atoms with Crippen molar-refractivity contribution in [3.8, 4) is 0 Å². The molecule has 0 bridgehead atoms. The van der Waals surface area contributed by atoms with E-state index in [0.29, 0.717) is 16.5 Å². The van der Waals surface area contributed by atoms with Gasteiger partial charge in [0.15, 0.2) is 0 Å². The molecular weight excluding hydrogens is 272 g/mol. The van der Waals surface area contributed by atoms with E-state index in [9.17, 15) is 4.39 Å². The average Bonchev–Trinajstić information content (AvgIpc) is 2.33. The summed E-state index contributed by atoms with van der Waals surface area (Å²) in [6, 6.07) is 11.3. The Kier molecular flexibility index (Phi) is 4.23. The van der Waals surface area contributed by atoms with Gasteiger partial charge < -0.3 is 5.73 Å². The first-order chi connectivity index (χ1) is 8.56. The summed E-state index contributed by atoms with van der Waals surface area (Å²) in [7, 11) is 0. The lowest BCUT2D eigenvalue weighted by atomic mass is 10.00. The number of hydrogen-bond acceptors (Lipinski definition) is 1. The highest BCUT2D eigenvalue weighted by Gasteiger charge is 2.10. The van der Waals surface area contributed by atoms with Gasteiger partial charge >= 0.3 is 0 Å². The predicted octanol–water partition coefficient (Wildman–Crippen LogP) is 4.38. The molecule has 0 aromatic heterocycles. The van der Waals surface area contributed by atoms with Crippen LogP contribution in [0.1, 0.15) is 17.2 Å². The summed E-state index contributed by atoms with van der Waals surface area (Å²) < 4.78 is 12.8. The van der Waals surface area contributed by atoms with Crippen molar-refractivity contribution in [2.75, 3.05) is 0 Å². The first-order valence-corrected chi connectivity index (χ1v) is 6.27. The minimum Gasteiger partial charge on any atom is -0.324 e. The molecule has 2 aromatic carbocycles. The van der Waals surface area contributed by atoms with Crippen LogP contribution in [0, 0.1) is 5.82 Å². The maximum Gasteiger partial charge on any atom is 0.123 e. The van der Waals surface area contributed by atoms with E-state index < -0.39 is 0 Å². The molecule has 94 valence electrons. The van der Waals surface area contributed by atoms with Crippen molar-refractivity contribution < 1.29 is 4.39 Å². The molecule has 1 unspecified atom stereocenters. The molecule has 4 heteroatoms. The van der Waals surface area contributed by atoms with Gasteiger partial charge in [-0.1, -0.05) is 41.4 Å². The second-order valence-electron chi connectivity index (χ2n) is 4.10. The monoisotopic (exact) mass is 283 g/mol. The molecule has 0 amide bonds. The molecule has 2 N–H and O–H groups in total. The first kappa shape index (κ1) is 13.3. The van der Waals surface area contributed by atoms with Crippen LogP contribution in [0.4, 0.5) is 4.39 Å². The van der Waals surface area contributed by atoms with Gasteiger partial charge in [0, 0.05) is 16.1 Å². The van der Waals surface area contributed by atoms with Crippen molar-refractivity contribution in [2.24, 2.45) is 5.73 Å². The topological polar surface area (TPSA) is 26.0 Å². The van der Waals surface area contributed by atoms with Crippen LogP contribution in [0.2, 0.25) is 10.0 Å². The van der Waals surface area contributed by atoms with E-state index in [1.165, 1.54) is 12.1 Å². The van der Waals surface area contributed by atoms with Crippen molar-refractivity contribution >= 4 is 23.2 Å². The summed E-state index contributed by atoms with van der Waals surface area (Å²) >= 11 is 11.9. The Morgan fingerprint density at radius 1 is 1.06 bits per heavy atom. The summed E-state index contributed by atoms with van der Waals surface area (Å²) in [5, 5.41) is 1.19. The largest absolute Gasteiger partial charge is 0.324 e. The smallest absolute Gasteiger partial charge is 0.123 e. The third-order valence-electron chi connectivity index (χ3n) is 2.75. The van der Waals surface area contributed by atoms with E-state index in [1.807, 2.05) is 6.07 Å². The van der Waals surface area contributed by atoms with Crippen LogP contribution in [-0.4, -0.2) is 0 Å². The molecule has 2 aromatic rings. The van der Waals surface area contributed by atoms with E-state index >= 15 is 0 Å². The lowest BCUT2D eigenvalue weighted by Crippen LogP contribution is -2.13. The van der Waals surface area contributed by atoms with Crippen molar-refractivity contribution in [3.05, 3.63) is 69.5 Å². The molecule has 0 aliphatic rings. The average molecular weight is 284 g/mol. The first-order valence-electron chi connectivity index (χ1n) is 5.51. The van der Waals surface area contributed by atoms with Gasteiger partial charge in [-0.15, -0.1) is 0 Å². The third kappa shape index (κ3) is 3.22. The number of nitrogens with two attached hydrogens (primary N) is 1. The molecule has 1 nitrogen and oxygen atoms in total. The van der Waals surface area contributed by atoms with Gasteiger partial charge in [-0.25, -0.2) is 4.39 Å². The van der Waals surface area contributed by atoms with E-state index in [4.69, 9.17) is 28.9 Å². The Morgan fingerprint density at radius 2 is 1.72 bits per heavy atom. The zero-order valence-corrected chi connectivity index (χ0v) is 11.0. The molecule has 0 aliphatic carbocycles. The maximum atomic E-state index is 12.8. The second-order valence-corrected chi connectivity index (χ2v) is 4.94. The zero-order chi connectivity index (χ0) is 13.1. The fraction of sp³-hybridized carbons (Fsp3) is 0.143. The number of rotatable bonds is 3. The van der Waals surface area contributed by atoms with Gasteiger partial charge in [-0.2, -0.15) is 0 Å². The summed E-state index contributed by atoms with van der Waals surface area (Å²) in [5.41, 5.74) is 7.88. The van der Waals surface area contributed by atoms with E-state index in [-0.39, 0.29) is 11.9 Å². The van der Waals surface area contributed by atoms with Crippen LogP contribution >= 0.6 is 23.2 Å². The molecule has 0 saturated heterocycles. The minimum atomic E-state index is -0.268. The number of hydrogen-bond donors (Lipinski definition) is 1. The van der Waals surface area contributed by atoms with Crippen LogP contribution in [0.25, 0.3) is 0 Å². The van der Waals surface area contributed by atoms with E-state index in [2.05, 4.69) is 0 Å². The van der Waals surface area contributed by atoms with Crippen molar-refractivity contribution in [3.63, 3.8) is 0 Å². The highest BCUT2D eigenvalue weighted by atomic mass is 35.5. The van der Waals surface area contributed by atoms with Crippen LogP contribution in [-0.2, 0) is 6.42 Å². The van der Waals surface area contributed by atoms with Gasteiger partial charge in [0.1, 0.15) is 5.82 Å². The van der Waals surface area contributed by atoms with Gasteiger partial charge in [-0.05, 0) is 41.8 Å². The molecule has 18 heavy (non-hydrogen) atoms. The molecule has 2 rings (SSSR count). The molecular formula is C14H12Cl2FN. The predicted molar refractivity (Wildman–Crippen MR) is 73.5 cm³/mol. The van der Waals surface area contributed by atoms with E-state index in [1.54, 1.807) is 24.3 Å². The van der Waals surface area contributed by atoms with Crippen LogP contribution in [0.15, 0.2) is 42.5 Å². The summed E-state index contributed by atoms with van der Waals surface area (Å²) in [6.45, 7) is 0. The molecule has 0 aliphatic heterocycles. The van der Waals surface area contributed by atoms with Crippen molar-refractivity contribution in [2.45, 2.75) is 12.5 Å².